The number of hydrogen-bond donors (Lipinski definition) is 2. The molecule has 0 unspecified atom stereocenters. The van der Waals surface area contributed by atoms with Gasteiger partial charge in [0.25, 0.3) is 0 Å². The van der Waals surface area contributed by atoms with Crippen molar-refractivity contribution >= 4 is 26.5 Å². The Labute approximate surface area is 147 Å². The van der Waals surface area contributed by atoms with Crippen molar-refractivity contribution in [1.29, 1.82) is 0 Å². The van der Waals surface area contributed by atoms with E-state index in [1.165, 1.54) is 0 Å². The number of anilines is 1. The van der Waals surface area contributed by atoms with Crippen LogP contribution >= 0.6 is 0 Å². The van der Waals surface area contributed by atoms with Crippen LogP contribution in [0.1, 0.15) is 12.5 Å². The van der Waals surface area contributed by atoms with Crippen LogP contribution in [0.3, 0.4) is 0 Å². The molecule has 5 nitrogen and oxygen atoms in total. The molecular weight excluding hydrogens is 336 g/mol. The molecule has 0 atom stereocenters. The lowest BCUT2D eigenvalue weighted by molar-refractivity contribution is 0.336. The van der Waals surface area contributed by atoms with E-state index < -0.39 is 10.0 Å². The molecule has 0 heterocycles. The lowest BCUT2D eigenvalue weighted by Gasteiger charge is -2.13. The number of para-hydroxylation sites is 1. The second kappa shape index (κ2) is 7.13. The first kappa shape index (κ1) is 17.3. The summed E-state index contributed by atoms with van der Waals surface area (Å²) in [5.41, 5.74) is 7.29. The highest BCUT2D eigenvalue weighted by Gasteiger charge is 2.18. The smallest absolute Gasteiger partial charge is 0.241 e. The zero-order valence-electron chi connectivity index (χ0n) is 13.9. The third kappa shape index (κ3) is 3.60. The van der Waals surface area contributed by atoms with Gasteiger partial charge in [0.15, 0.2) is 0 Å². The third-order valence-electron chi connectivity index (χ3n) is 3.93. The number of nitrogens with one attached hydrogen (secondary N) is 1. The number of benzene rings is 3. The molecule has 0 bridgehead atoms. The van der Waals surface area contributed by atoms with Gasteiger partial charge in [-0.05, 0) is 25.1 Å². The van der Waals surface area contributed by atoms with Crippen molar-refractivity contribution in [2.75, 3.05) is 12.3 Å². The van der Waals surface area contributed by atoms with Gasteiger partial charge in [0.1, 0.15) is 5.75 Å². The summed E-state index contributed by atoms with van der Waals surface area (Å²) in [6.45, 7) is 2.56. The van der Waals surface area contributed by atoms with Crippen molar-refractivity contribution in [3.63, 3.8) is 0 Å². The maximum absolute atomic E-state index is 12.8. The first-order valence-corrected chi connectivity index (χ1v) is 9.49. The van der Waals surface area contributed by atoms with Crippen LogP contribution in [-0.2, 0) is 16.6 Å². The molecule has 0 aliphatic rings. The van der Waals surface area contributed by atoms with E-state index in [4.69, 9.17) is 10.5 Å². The first-order chi connectivity index (χ1) is 12.0. The standard InChI is InChI=1S/C19H20N2O3S/c1-2-24-18-11-4-3-7-14(18)13-21-25(22,23)19-12-6-8-15-16(19)9-5-10-17(15)20/h3-12,21H,2,13,20H2,1H3. The normalized spacial score (nSPS) is 11.6. The third-order valence-corrected chi connectivity index (χ3v) is 5.39. The molecule has 0 fully saturated rings. The average molecular weight is 356 g/mol. The molecule has 25 heavy (non-hydrogen) atoms. The van der Waals surface area contributed by atoms with Gasteiger partial charge in [-0.25, -0.2) is 13.1 Å². The van der Waals surface area contributed by atoms with E-state index >= 15 is 0 Å². The SMILES string of the molecule is CCOc1ccccc1CNS(=O)(=O)c1cccc2c(N)cccc12. The fourth-order valence-corrected chi connectivity index (χ4v) is 3.96. The zero-order valence-corrected chi connectivity index (χ0v) is 14.7. The zero-order chi connectivity index (χ0) is 17.9. The maximum atomic E-state index is 12.8. The molecule has 0 aromatic heterocycles. The molecular formula is C19H20N2O3S. The van der Waals surface area contributed by atoms with Gasteiger partial charge < -0.3 is 10.5 Å². The molecule has 0 spiro atoms. The predicted molar refractivity (Wildman–Crippen MR) is 100.0 cm³/mol. The van der Waals surface area contributed by atoms with Gasteiger partial charge in [0, 0.05) is 28.6 Å². The number of hydrogen-bond acceptors (Lipinski definition) is 4. The second-order valence-corrected chi connectivity index (χ2v) is 7.30. The summed E-state index contributed by atoms with van der Waals surface area (Å²) in [7, 11) is -3.69. The van der Waals surface area contributed by atoms with E-state index in [2.05, 4.69) is 4.72 Å². The molecule has 0 aliphatic carbocycles. The summed E-state index contributed by atoms with van der Waals surface area (Å²) in [4.78, 5) is 0.214. The van der Waals surface area contributed by atoms with Crippen LogP contribution in [0, 0.1) is 0 Å². The van der Waals surface area contributed by atoms with Crippen molar-refractivity contribution in [2.45, 2.75) is 18.4 Å². The Morgan fingerprint density at radius 1 is 0.960 bits per heavy atom. The van der Waals surface area contributed by atoms with Crippen molar-refractivity contribution in [3.8, 4) is 5.75 Å². The largest absolute Gasteiger partial charge is 0.494 e. The maximum Gasteiger partial charge on any atom is 0.241 e. The van der Waals surface area contributed by atoms with Crippen LogP contribution in [0.4, 0.5) is 5.69 Å². The Balaban J connectivity index is 1.93. The molecule has 3 rings (SSSR count). The fourth-order valence-electron chi connectivity index (χ4n) is 2.74. The molecule has 6 heteroatoms. The van der Waals surface area contributed by atoms with E-state index in [1.807, 2.05) is 37.3 Å². The lowest BCUT2D eigenvalue weighted by Crippen LogP contribution is -2.23. The van der Waals surface area contributed by atoms with Crippen LogP contribution in [-0.4, -0.2) is 15.0 Å². The molecule has 0 aliphatic heterocycles. The van der Waals surface area contributed by atoms with E-state index in [-0.39, 0.29) is 11.4 Å². The van der Waals surface area contributed by atoms with Crippen LogP contribution in [0.5, 0.6) is 5.75 Å². The molecule has 130 valence electrons. The van der Waals surface area contributed by atoms with Crippen molar-refractivity contribution in [1.82, 2.24) is 4.72 Å². The van der Waals surface area contributed by atoms with Crippen molar-refractivity contribution in [3.05, 3.63) is 66.2 Å². The van der Waals surface area contributed by atoms with Gasteiger partial charge in [0.05, 0.1) is 11.5 Å². The number of fused-ring (bicyclic) bond motifs is 1. The Morgan fingerprint density at radius 3 is 2.48 bits per heavy atom. The van der Waals surface area contributed by atoms with E-state index in [1.54, 1.807) is 30.3 Å². The highest BCUT2D eigenvalue weighted by Crippen LogP contribution is 2.27. The minimum atomic E-state index is -3.69. The van der Waals surface area contributed by atoms with Crippen molar-refractivity contribution in [2.24, 2.45) is 0 Å². The molecule has 3 N–H and O–H groups in total. The van der Waals surface area contributed by atoms with E-state index in [0.29, 0.717) is 23.4 Å². The summed E-state index contributed by atoms with van der Waals surface area (Å²) in [5, 5.41) is 1.33. The summed E-state index contributed by atoms with van der Waals surface area (Å²) in [5.74, 6) is 0.676. The minimum Gasteiger partial charge on any atom is -0.494 e. The van der Waals surface area contributed by atoms with Crippen molar-refractivity contribution < 1.29 is 13.2 Å². The van der Waals surface area contributed by atoms with Crippen LogP contribution < -0.4 is 15.2 Å². The highest BCUT2D eigenvalue weighted by atomic mass is 32.2. The minimum absolute atomic E-state index is 0.150. The van der Waals surface area contributed by atoms with Gasteiger partial charge in [-0.2, -0.15) is 0 Å². The Hall–Kier alpha value is -2.57. The molecule has 3 aromatic carbocycles. The van der Waals surface area contributed by atoms with E-state index in [0.717, 1.165) is 10.9 Å². The molecule has 0 saturated carbocycles. The monoisotopic (exact) mass is 356 g/mol. The molecule has 3 aromatic rings. The van der Waals surface area contributed by atoms with Gasteiger partial charge in [0.2, 0.25) is 10.0 Å². The number of nitrogens with two attached hydrogens (primary N) is 1. The number of sulfonamides is 1. The quantitative estimate of drug-likeness (QED) is 0.664. The van der Waals surface area contributed by atoms with Gasteiger partial charge in [-0.1, -0.05) is 42.5 Å². The van der Waals surface area contributed by atoms with Gasteiger partial charge >= 0.3 is 0 Å². The first-order valence-electron chi connectivity index (χ1n) is 8.00. The van der Waals surface area contributed by atoms with Crippen LogP contribution in [0.25, 0.3) is 10.8 Å². The summed E-state index contributed by atoms with van der Waals surface area (Å²) >= 11 is 0. The topological polar surface area (TPSA) is 81.4 Å². The highest BCUT2D eigenvalue weighted by molar-refractivity contribution is 7.89. The van der Waals surface area contributed by atoms with E-state index in [9.17, 15) is 8.42 Å². The number of rotatable bonds is 6. The molecule has 0 radical (unpaired) electrons. The van der Waals surface area contributed by atoms with Gasteiger partial charge in [-0.3, -0.25) is 0 Å². The number of nitrogen functional groups attached to an aromatic ring is 1. The fraction of sp³-hybridized carbons (Fsp3) is 0.158. The summed E-state index contributed by atoms with van der Waals surface area (Å²) in [6, 6.07) is 17.7. The van der Waals surface area contributed by atoms with Gasteiger partial charge in [-0.15, -0.1) is 0 Å². The Kier molecular flexibility index (Phi) is 4.92. The average Bonchev–Trinajstić information content (AvgIpc) is 2.61. The summed E-state index contributed by atoms with van der Waals surface area (Å²) in [6.07, 6.45) is 0. The molecule has 0 saturated heterocycles. The number of ether oxygens (including phenoxy) is 1. The Bertz CT molecular complexity index is 1000. The summed E-state index contributed by atoms with van der Waals surface area (Å²) < 4.78 is 33.8. The Morgan fingerprint density at radius 2 is 1.68 bits per heavy atom. The second-order valence-electron chi connectivity index (χ2n) is 5.56. The van der Waals surface area contributed by atoms with Crippen LogP contribution in [0.2, 0.25) is 0 Å². The predicted octanol–water partition coefficient (Wildman–Crippen LogP) is 3.30. The lowest BCUT2D eigenvalue weighted by atomic mass is 10.1. The molecule has 0 amide bonds. The van der Waals surface area contributed by atoms with Crippen LogP contribution in [0.15, 0.2) is 65.6 Å².